The monoisotopic (exact) mass is 399 g/mol. The molecule has 3 nitrogen and oxygen atoms in total. The third-order valence-corrected chi connectivity index (χ3v) is 5.62. The lowest BCUT2D eigenvalue weighted by Crippen LogP contribution is -2.13. The Labute approximate surface area is 177 Å². The lowest BCUT2D eigenvalue weighted by atomic mass is 9.92. The number of benzene rings is 3. The fourth-order valence-corrected chi connectivity index (χ4v) is 3.84. The van der Waals surface area contributed by atoms with Crippen LogP contribution in [0.2, 0.25) is 0 Å². The van der Waals surface area contributed by atoms with E-state index >= 15 is 0 Å². The molecule has 4 rings (SSSR count). The van der Waals surface area contributed by atoms with E-state index in [1.165, 1.54) is 27.4 Å². The Morgan fingerprint density at radius 2 is 1.40 bits per heavy atom. The van der Waals surface area contributed by atoms with Crippen LogP contribution in [-0.2, 0) is 6.42 Å². The number of nitrogens with zero attached hydrogens (tertiary/aromatic N) is 1. The van der Waals surface area contributed by atoms with Crippen LogP contribution in [0, 0.1) is 5.41 Å². The number of aryl methyl sites for hydroxylation is 1. The molecule has 0 saturated carbocycles. The predicted octanol–water partition coefficient (Wildman–Crippen LogP) is 6.57. The van der Waals surface area contributed by atoms with Gasteiger partial charge in [-0.25, -0.2) is 0 Å². The van der Waals surface area contributed by atoms with E-state index in [9.17, 15) is 10.2 Å². The van der Waals surface area contributed by atoms with E-state index in [2.05, 4.69) is 77.4 Å². The predicted molar refractivity (Wildman–Crippen MR) is 125 cm³/mol. The fraction of sp³-hybridized carbons (Fsp3) is 0.259. The Bertz CT molecular complexity index is 1140. The maximum absolute atomic E-state index is 10.2. The average Bonchev–Trinajstić information content (AvgIpc) is 3.06. The molecule has 0 aliphatic carbocycles. The first-order chi connectivity index (χ1) is 14.3. The molecule has 0 bridgehead atoms. The number of allylic oxidation sites excluding steroid dienone is 1. The van der Waals surface area contributed by atoms with E-state index in [4.69, 9.17) is 0 Å². The summed E-state index contributed by atoms with van der Waals surface area (Å²) in [5.41, 5.74) is 4.35. The van der Waals surface area contributed by atoms with Crippen molar-refractivity contribution >= 4 is 21.8 Å². The molecule has 3 heteroatoms. The Kier molecular flexibility index (Phi) is 5.40. The highest BCUT2D eigenvalue weighted by Crippen LogP contribution is 2.31. The second kappa shape index (κ2) is 8.00. The molecule has 4 aromatic rings. The number of aliphatic hydroxyl groups excluding tert-OH is 2. The molecule has 1 aromatic heterocycles. The van der Waals surface area contributed by atoms with Gasteiger partial charge in [-0.15, -0.1) is 0 Å². The molecule has 154 valence electrons. The number of hydrogen-bond donors (Lipinski definition) is 2. The minimum atomic E-state index is -0.652. The molecule has 0 saturated heterocycles. The topological polar surface area (TPSA) is 45.4 Å². The van der Waals surface area contributed by atoms with Gasteiger partial charge in [0, 0.05) is 21.9 Å². The van der Waals surface area contributed by atoms with Gasteiger partial charge in [0.1, 0.15) is 0 Å². The first kappa shape index (κ1) is 20.2. The van der Waals surface area contributed by atoms with Gasteiger partial charge in [0.25, 0.3) is 0 Å². The molecule has 1 unspecified atom stereocenters. The number of rotatable bonds is 5. The number of para-hydroxylation sites is 2. The van der Waals surface area contributed by atoms with Gasteiger partial charge in [-0.3, -0.25) is 0 Å². The Morgan fingerprint density at radius 3 is 1.93 bits per heavy atom. The van der Waals surface area contributed by atoms with Crippen LogP contribution in [0.1, 0.15) is 32.8 Å². The average molecular weight is 400 g/mol. The van der Waals surface area contributed by atoms with E-state index in [1.54, 1.807) is 6.08 Å². The smallest absolute Gasteiger partial charge is 0.0961 e. The second-order valence-electron chi connectivity index (χ2n) is 8.94. The summed E-state index contributed by atoms with van der Waals surface area (Å²) in [6, 6.07) is 25.5. The van der Waals surface area contributed by atoms with Crippen LogP contribution in [0.25, 0.3) is 27.5 Å². The van der Waals surface area contributed by atoms with Crippen LogP contribution < -0.4 is 0 Å². The summed E-state index contributed by atoms with van der Waals surface area (Å²) in [6.45, 7) is 5.79. The van der Waals surface area contributed by atoms with Crippen molar-refractivity contribution in [3.05, 3.63) is 90.2 Å². The SMILES string of the molecule is CC(C)(C)C(O)=CC(O)CCc1ccc(-n2c3ccccc3c3ccccc32)cc1. The van der Waals surface area contributed by atoms with Crippen molar-refractivity contribution in [2.45, 2.75) is 39.7 Å². The summed E-state index contributed by atoms with van der Waals surface area (Å²) in [7, 11) is 0. The standard InChI is InChI=1S/C27H29NO2/c1-27(2,3)26(30)18-21(29)17-14-19-12-15-20(16-13-19)28-24-10-6-4-8-22(24)23-9-5-7-11-25(23)28/h4-13,15-16,18,21,29-30H,14,17H2,1-3H3. The quantitative estimate of drug-likeness (QED) is 0.373. The van der Waals surface area contributed by atoms with Gasteiger partial charge in [0.15, 0.2) is 0 Å². The molecular formula is C27H29NO2. The molecule has 30 heavy (non-hydrogen) atoms. The Balaban J connectivity index is 1.57. The summed E-state index contributed by atoms with van der Waals surface area (Å²) >= 11 is 0. The third-order valence-electron chi connectivity index (χ3n) is 5.62. The zero-order valence-corrected chi connectivity index (χ0v) is 17.8. The number of aromatic nitrogens is 1. The van der Waals surface area contributed by atoms with Gasteiger partial charge in [-0.2, -0.15) is 0 Å². The molecule has 1 heterocycles. The summed E-state index contributed by atoms with van der Waals surface area (Å²) in [4.78, 5) is 0. The minimum absolute atomic E-state index is 0.233. The normalized spacial score (nSPS) is 13.8. The number of fused-ring (bicyclic) bond motifs is 3. The van der Waals surface area contributed by atoms with Crippen molar-refractivity contribution in [1.29, 1.82) is 0 Å². The molecule has 0 radical (unpaired) electrons. The van der Waals surface area contributed by atoms with Gasteiger partial charge in [-0.05, 0) is 48.7 Å². The van der Waals surface area contributed by atoms with Crippen LogP contribution in [0.15, 0.2) is 84.6 Å². The van der Waals surface area contributed by atoms with E-state index < -0.39 is 6.10 Å². The first-order valence-corrected chi connectivity index (χ1v) is 10.5. The van der Waals surface area contributed by atoms with E-state index in [0.29, 0.717) is 6.42 Å². The van der Waals surface area contributed by atoms with E-state index in [1.807, 2.05) is 20.8 Å². The van der Waals surface area contributed by atoms with Gasteiger partial charge in [0.05, 0.1) is 22.9 Å². The molecule has 3 aromatic carbocycles. The van der Waals surface area contributed by atoms with Crippen molar-refractivity contribution < 1.29 is 10.2 Å². The minimum Gasteiger partial charge on any atom is -0.512 e. The molecule has 2 N–H and O–H groups in total. The zero-order valence-electron chi connectivity index (χ0n) is 17.8. The van der Waals surface area contributed by atoms with Gasteiger partial charge in [-0.1, -0.05) is 69.3 Å². The van der Waals surface area contributed by atoms with Crippen LogP contribution in [0.3, 0.4) is 0 Å². The Hall–Kier alpha value is -3.04. The third kappa shape index (κ3) is 3.99. The van der Waals surface area contributed by atoms with Crippen molar-refractivity contribution in [1.82, 2.24) is 4.57 Å². The highest BCUT2D eigenvalue weighted by molar-refractivity contribution is 6.09. The summed E-state index contributed by atoms with van der Waals surface area (Å²) < 4.78 is 2.30. The van der Waals surface area contributed by atoms with Crippen LogP contribution in [0.5, 0.6) is 0 Å². The van der Waals surface area contributed by atoms with Crippen molar-refractivity contribution in [2.24, 2.45) is 5.41 Å². The fourth-order valence-electron chi connectivity index (χ4n) is 3.84. The lowest BCUT2D eigenvalue weighted by Gasteiger charge is -2.18. The first-order valence-electron chi connectivity index (χ1n) is 10.5. The summed E-state index contributed by atoms with van der Waals surface area (Å²) in [5.74, 6) is 0.233. The molecule has 0 spiro atoms. The van der Waals surface area contributed by atoms with Gasteiger partial charge in [0.2, 0.25) is 0 Å². The van der Waals surface area contributed by atoms with Gasteiger partial charge >= 0.3 is 0 Å². The van der Waals surface area contributed by atoms with Crippen LogP contribution in [-0.4, -0.2) is 20.9 Å². The zero-order chi connectivity index (χ0) is 21.3. The molecule has 1 atom stereocenters. The van der Waals surface area contributed by atoms with E-state index in [0.717, 1.165) is 12.1 Å². The molecule has 0 fully saturated rings. The number of aliphatic hydroxyl groups is 2. The van der Waals surface area contributed by atoms with Crippen molar-refractivity contribution in [3.8, 4) is 5.69 Å². The highest BCUT2D eigenvalue weighted by Gasteiger charge is 2.17. The maximum atomic E-state index is 10.2. The summed E-state index contributed by atoms with van der Waals surface area (Å²) in [6.07, 6.45) is 2.24. The highest BCUT2D eigenvalue weighted by atomic mass is 16.3. The van der Waals surface area contributed by atoms with Crippen molar-refractivity contribution in [3.63, 3.8) is 0 Å². The molecule has 0 aliphatic heterocycles. The number of hydrogen-bond acceptors (Lipinski definition) is 2. The molecule has 0 aliphatic rings. The van der Waals surface area contributed by atoms with Crippen LogP contribution in [0.4, 0.5) is 0 Å². The largest absolute Gasteiger partial charge is 0.512 e. The van der Waals surface area contributed by atoms with Crippen LogP contribution >= 0.6 is 0 Å². The summed E-state index contributed by atoms with van der Waals surface area (Å²) in [5, 5.41) is 22.8. The lowest BCUT2D eigenvalue weighted by molar-refractivity contribution is 0.195. The molecular weight excluding hydrogens is 370 g/mol. The van der Waals surface area contributed by atoms with Crippen molar-refractivity contribution in [2.75, 3.05) is 0 Å². The Morgan fingerprint density at radius 1 is 0.867 bits per heavy atom. The van der Waals surface area contributed by atoms with Gasteiger partial charge < -0.3 is 14.8 Å². The maximum Gasteiger partial charge on any atom is 0.0961 e. The van der Waals surface area contributed by atoms with E-state index in [-0.39, 0.29) is 11.2 Å². The second-order valence-corrected chi connectivity index (χ2v) is 8.94. The molecule has 0 amide bonds.